The van der Waals surface area contributed by atoms with E-state index in [0.717, 1.165) is 22.4 Å². The quantitative estimate of drug-likeness (QED) is 0.615. The van der Waals surface area contributed by atoms with Gasteiger partial charge in [-0.2, -0.15) is 29.3 Å². The van der Waals surface area contributed by atoms with E-state index in [1.54, 1.807) is 42.7 Å². The number of ether oxygens (including phenoxy) is 1. The van der Waals surface area contributed by atoms with Crippen LogP contribution < -0.4 is 4.74 Å². The van der Waals surface area contributed by atoms with Crippen molar-refractivity contribution in [3.8, 4) is 5.75 Å². The predicted molar refractivity (Wildman–Crippen MR) is 111 cm³/mol. The van der Waals surface area contributed by atoms with E-state index in [4.69, 9.17) is 4.74 Å². The molecule has 5 nitrogen and oxygen atoms in total. The molecular formula is C21H20N2O3S2. The van der Waals surface area contributed by atoms with E-state index in [9.17, 15) is 8.42 Å². The van der Waals surface area contributed by atoms with Crippen LogP contribution in [0.3, 0.4) is 0 Å². The number of aryl methyl sites for hydroxylation is 1. The summed E-state index contributed by atoms with van der Waals surface area (Å²) in [6.45, 7) is 1.93. The van der Waals surface area contributed by atoms with Crippen molar-refractivity contribution in [2.24, 2.45) is 5.10 Å². The van der Waals surface area contributed by atoms with Crippen LogP contribution in [0.4, 0.5) is 0 Å². The molecule has 1 aliphatic rings. The number of methoxy groups -OCH3 is 1. The molecule has 3 aromatic rings. The highest BCUT2D eigenvalue weighted by molar-refractivity contribution is 7.89. The van der Waals surface area contributed by atoms with E-state index in [1.807, 2.05) is 48.0 Å². The maximum absolute atomic E-state index is 13.4. The summed E-state index contributed by atoms with van der Waals surface area (Å²) in [5, 5.41) is 8.50. The van der Waals surface area contributed by atoms with Crippen LogP contribution in [0.1, 0.15) is 29.2 Å². The Hall–Kier alpha value is -2.64. The van der Waals surface area contributed by atoms with Crippen LogP contribution in [0.15, 0.2) is 75.4 Å². The summed E-state index contributed by atoms with van der Waals surface area (Å²) in [6, 6.07) is 15.9. The highest BCUT2D eigenvalue weighted by Crippen LogP contribution is 2.38. The first-order valence-electron chi connectivity index (χ1n) is 8.84. The Bertz CT molecular complexity index is 1100. The van der Waals surface area contributed by atoms with Gasteiger partial charge in [0.05, 0.1) is 23.8 Å². The number of hydrogen-bond donors (Lipinski definition) is 0. The average molecular weight is 413 g/mol. The lowest BCUT2D eigenvalue weighted by Crippen LogP contribution is -2.27. The van der Waals surface area contributed by atoms with Gasteiger partial charge in [0.2, 0.25) is 0 Å². The topological polar surface area (TPSA) is 59.0 Å². The van der Waals surface area contributed by atoms with Gasteiger partial charge in [-0.05, 0) is 53.6 Å². The van der Waals surface area contributed by atoms with E-state index in [-0.39, 0.29) is 4.90 Å². The number of rotatable bonds is 5. The van der Waals surface area contributed by atoms with Gasteiger partial charge < -0.3 is 4.74 Å². The maximum atomic E-state index is 13.4. The Morgan fingerprint density at radius 1 is 1.14 bits per heavy atom. The van der Waals surface area contributed by atoms with Crippen LogP contribution in [0, 0.1) is 6.92 Å². The predicted octanol–water partition coefficient (Wildman–Crippen LogP) is 4.61. The molecule has 7 heteroatoms. The molecule has 0 radical (unpaired) electrons. The van der Waals surface area contributed by atoms with Crippen molar-refractivity contribution < 1.29 is 13.2 Å². The van der Waals surface area contributed by atoms with Crippen LogP contribution in [0.25, 0.3) is 0 Å². The average Bonchev–Trinajstić information content (AvgIpc) is 3.38. The normalized spacial score (nSPS) is 16.9. The van der Waals surface area contributed by atoms with Gasteiger partial charge in [-0.3, -0.25) is 0 Å². The largest absolute Gasteiger partial charge is 0.497 e. The number of thiophene rings is 1. The molecule has 0 aliphatic carbocycles. The van der Waals surface area contributed by atoms with Gasteiger partial charge >= 0.3 is 0 Å². The molecule has 0 amide bonds. The molecule has 144 valence electrons. The third-order valence-electron chi connectivity index (χ3n) is 4.77. The van der Waals surface area contributed by atoms with E-state index in [2.05, 4.69) is 5.10 Å². The van der Waals surface area contributed by atoms with Crippen molar-refractivity contribution in [1.82, 2.24) is 4.41 Å². The molecule has 0 fully saturated rings. The van der Waals surface area contributed by atoms with Gasteiger partial charge in [-0.15, -0.1) is 0 Å². The third-order valence-corrected chi connectivity index (χ3v) is 7.15. The first-order chi connectivity index (χ1) is 13.5. The maximum Gasteiger partial charge on any atom is 0.279 e. The Balaban J connectivity index is 1.80. The first kappa shape index (κ1) is 18.7. The molecule has 1 aliphatic heterocycles. The molecule has 2 heterocycles. The summed E-state index contributed by atoms with van der Waals surface area (Å²) < 4.78 is 33.4. The fourth-order valence-electron chi connectivity index (χ4n) is 3.23. The standard InChI is InChI=1S/C21H20N2O3S2/c1-15-6-8-19(9-7-15)28(24,25)23-21(16-4-3-5-18(12-16)26-2)13-20(22-23)17-10-11-27-14-17/h3-12,14,21H,13H2,1-2H3/t21-/m1/s1. The fraction of sp³-hybridized carbons (Fsp3) is 0.190. The minimum atomic E-state index is -3.79. The van der Waals surface area contributed by atoms with Gasteiger partial charge in [0.15, 0.2) is 0 Å². The Morgan fingerprint density at radius 3 is 2.61 bits per heavy atom. The molecule has 0 unspecified atom stereocenters. The summed E-state index contributed by atoms with van der Waals surface area (Å²) in [5.41, 5.74) is 3.58. The number of hydrogen-bond acceptors (Lipinski definition) is 5. The van der Waals surface area contributed by atoms with Crippen molar-refractivity contribution in [3.63, 3.8) is 0 Å². The second kappa shape index (κ2) is 7.41. The van der Waals surface area contributed by atoms with Gasteiger partial charge in [-0.1, -0.05) is 29.8 Å². The summed E-state index contributed by atoms with van der Waals surface area (Å²) in [6.07, 6.45) is 0.509. The number of nitrogens with zero attached hydrogens (tertiary/aromatic N) is 2. The molecule has 2 aromatic carbocycles. The minimum Gasteiger partial charge on any atom is -0.497 e. The van der Waals surface area contributed by atoms with E-state index >= 15 is 0 Å². The highest BCUT2D eigenvalue weighted by Gasteiger charge is 2.37. The zero-order chi connectivity index (χ0) is 19.7. The highest BCUT2D eigenvalue weighted by atomic mass is 32.2. The van der Waals surface area contributed by atoms with Gasteiger partial charge in [0.25, 0.3) is 10.0 Å². The van der Waals surface area contributed by atoms with Crippen molar-refractivity contribution in [2.45, 2.75) is 24.3 Å². The van der Waals surface area contributed by atoms with Crippen molar-refractivity contribution in [3.05, 3.63) is 82.0 Å². The molecule has 0 bridgehead atoms. The minimum absolute atomic E-state index is 0.237. The molecule has 0 N–H and O–H groups in total. The summed E-state index contributed by atoms with van der Waals surface area (Å²) in [5.74, 6) is 0.689. The second-order valence-corrected chi connectivity index (χ2v) is 9.22. The van der Waals surface area contributed by atoms with Crippen molar-refractivity contribution in [1.29, 1.82) is 0 Å². The SMILES string of the molecule is COc1cccc([C@H]2CC(c3ccsc3)=NN2S(=O)(=O)c2ccc(C)cc2)c1. The Kier molecular flexibility index (Phi) is 4.95. The van der Waals surface area contributed by atoms with E-state index < -0.39 is 16.1 Å². The summed E-state index contributed by atoms with van der Waals surface area (Å²) in [4.78, 5) is 0.237. The van der Waals surface area contributed by atoms with Crippen LogP contribution >= 0.6 is 11.3 Å². The lowest BCUT2D eigenvalue weighted by Gasteiger charge is -2.23. The molecule has 4 rings (SSSR count). The van der Waals surface area contributed by atoms with Crippen molar-refractivity contribution >= 4 is 27.1 Å². The number of hydrazone groups is 1. The molecule has 1 aromatic heterocycles. The van der Waals surface area contributed by atoms with E-state index in [0.29, 0.717) is 12.2 Å². The van der Waals surface area contributed by atoms with Crippen molar-refractivity contribution in [2.75, 3.05) is 7.11 Å². The molecular weight excluding hydrogens is 392 g/mol. The first-order valence-corrected chi connectivity index (χ1v) is 11.2. The monoisotopic (exact) mass is 412 g/mol. The smallest absolute Gasteiger partial charge is 0.279 e. The fourth-order valence-corrected chi connectivity index (χ4v) is 5.33. The van der Waals surface area contributed by atoms with E-state index in [1.165, 1.54) is 4.41 Å². The summed E-state index contributed by atoms with van der Waals surface area (Å²) in [7, 11) is -2.19. The third kappa shape index (κ3) is 3.43. The van der Waals surface area contributed by atoms with Gasteiger partial charge in [0, 0.05) is 12.0 Å². The lowest BCUT2D eigenvalue weighted by molar-refractivity contribution is 0.368. The molecule has 28 heavy (non-hydrogen) atoms. The Labute approximate surface area is 169 Å². The molecule has 0 saturated heterocycles. The van der Waals surface area contributed by atoms with Gasteiger partial charge in [-0.25, -0.2) is 0 Å². The lowest BCUT2D eigenvalue weighted by atomic mass is 10.0. The van der Waals surface area contributed by atoms with Crippen LogP contribution in [-0.4, -0.2) is 25.7 Å². The second-order valence-electron chi connectivity index (χ2n) is 6.65. The van der Waals surface area contributed by atoms with Crippen LogP contribution in [0.2, 0.25) is 0 Å². The number of benzene rings is 2. The number of sulfonamides is 1. The zero-order valence-electron chi connectivity index (χ0n) is 15.6. The van der Waals surface area contributed by atoms with Crippen LogP contribution in [-0.2, 0) is 10.0 Å². The Morgan fingerprint density at radius 2 is 1.93 bits per heavy atom. The molecule has 0 spiro atoms. The van der Waals surface area contributed by atoms with Crippen LogP contribution in [0.5, 0.6) is 5.75 Å². The zero-order valence-corrected chi connectivity index (χ0v) is 17.2. The molecule has 0 saturated carbocycles. The molecule has 1 atom stereocenters. The van der Waals surface area contributed by atoms with Gasteiger partial charge in [0.1, 0.15) is 5.75 Å². The summed E-state index contributed by atoms with van der Waals surface area (Å²) >= 11 is 1.57.